The van der Waals surface area contributed by atoms with Crippen LogP contribution in [0, 0.1) is 0 Å². The second kappa shape index (κ2) is 6.96. The Morgan fingerprint density at radius 3 is 2.40 bits per heavy atom. The van der Waals surface area contributed by atoms with Crippen LogP contribution in [0.5, 0.6) is 0 Å². The zero-order valence-electron chi connectivity index (χ0n) is 5.99. The Kier molecular flexibility index (Phi) is 8.72. The molecule has 1 rings (SSSR count). The Morgan fingerprint density at radius 2 is 2.10 bits per heavy atom. The summed E-state index contributed by atoms with van der Waals surface area (Å²) in [5.41, 5.74) is 0.924. The number of hydrogen-bond acceptors (Lipinski definition) is 2. The summed E-state index contributed by atoms with van der Waals surface area (Å²) in [5.74, 6) is 0. The van der Waals surface area contributed by atoms with Gasteiger partial charge in [0.1, 0.15) is 0 Å². The van der Waals surface area contributed by atoms with Crippen molar-refractivity contribution in [2.45, 2.75) is 0 Å². The average molecular weight is 145 g/mol. The quantitative estimate of drug-likeness (QED) is 0.454. The fourth-order valence-electron chi connectivity index (χ4n) is 0.497. The molecule has 0 saturated carbocycles. The molecule has 1 N–H and O–H groups in total. The molecule has 3 heteroatoms. The van der Waals surface area contributed by atoms with Crippen molar-refractivity contribution in [2.75, 3.05) is 0 Å². The van der Waals surface area contributed by atoms with Gasteiger partial charge in [-0.15, -0.1) is 0 Å². The van der Waals surface area contributed by atoms with Crippen molar-refractivity contribution in [3.05, 3.63) is 36.7 Å². The van der Waals surface area contributed by atoms with Crippen molar-refractivity contribution in [3.8, 4) is 0 Å². The third-order valence-corrected chi connectivity index (χ3v) is 0.897. The van der Waals surface area contributed by atoms with Crippen LogP contribution >= 0.6 is 0 Å². The van der Waals surface area contributed by atoms with Gasteiger partial charge in [0.05, 0.1) is 5.69 Å². The Morgan fingerprint density at radius 1 is 1.40 bits per heavy atom. The van der Waals surface area contributed by atoms with Gasteiger partial charge in [-0.1, -0.05) is 12.6 Å². The Hall–Kier alpha value is -0.150. The molecule has 0 fully saturated rings. The molecule has 0 spiro atoms. The van der Waals surface area contributed by atoms with Crippen LogP contribution in [0.15, 0.2) is 31.0 Å². The van der Waals surface area contributed by atoms with E-state index in [9.17, 15) is 0 Å². The minimum atomic E-state index is 0. The van der Waals surface area contributed by atoms with Crippen molar-refractivity contribution in [3.63, 3.8) is 0 Å². The smallest absolute Gasteiger partial charge is 0.870 e. The number of nitrogens with zero attached hydrogens (tertiary/aromatic N) is 1. The van der Waals surface area contributed by atoms with Gasteiger partial charge >= 0.3 is 29.6 Å². The van der Waals surface area contributed by atoms with Crippen LogP contribution in [0.4, 0.5) is 0 Å². The van der Waals surface area contributed by atoms with E-state index in [1.807, 2.05) is 18.2 Å². The topological polar surface area (TPSA) is 42.9 Å². The van der Waals surface area contributed by atoms with Crippen LogP contribution in [-0.2, 0) is 0 Å². The van der Waals surface area contributed by atoms with E-state index in [1.54, 1.807) is 12.3 Å². The molecular weight excluding hydrogens is 137 g/mol. The number of rotatable bonds is 1. The molecule has 1 aromatic rings. The third-order valence-electron chi connectivity index (χ3n) is 0.897. The van der Waals surface area contributed by atoms with Crippen LogP contribution in [0.2, 0.25) is 0 Å². The monoisotopic (exact) mass is 145 g/mol. The third kappa shape index (κ3) is 3.80. The summed E-state index contributed by atoms with van der Waals surface area (Å²) >= 11 is 0. The summed E-state index contributed by atoms with van der Waals surface area (Å²) in [6.07, 6.45) is 3.47. The molecule has 0 aliphatic carbocycles. The minimum Gasteiger partial charge on any atom is -0.870 e. The van der Waals surface area contributed by atoms with E-state index in [4.69, 9.17) is 0 Å². The number of hydrogen-bond donors (Lipinski definition) is 0. The van der Waals surface area contributed by atoms with Crippen molar-refractivity contribution in [1.29, 1.82) is 0 Å². The first-order valence-electron chi connectivity index (χ1n) is 2.47. The van der Waals surface area contributed by atoms with Crippen LogP contribution in [0.1, 0.15) is 5.69 Å². The average Bonchev–Trinajstić information content (AvgIpc) is 1.90. The maximum Gasteiger partial charge on any atom is 1.00 e. The van der Waals surface area contributed by atoms with Gasteiger partial charge in [0.2, 0.25) is 0 Å². The van der Waals surface area contributed by atoms with E-state index >= 15 is 0 Å². The van der Waals surface area contributed by atoms with E-state index in [1.165, 1.54) is 0 Å². The summed E-state index contributed by atoms with van der Waals surface area (Å²) < 4.78 is 0. The largest absolute Gasteiger partial charge is 1.00 e. The predicted molar refractivity (Wildman–Crippen MR) is 36.3 cm³/mol. The molecule has 0 aliphatic heterocycles. The molecule has 0 radical (unpaired) electrons. The number of pyridine rings is 1. The standard InChI is InChI=1S/C7H7N.Na.H2O/c1-2-7-5-3-4-6-8-7;;/h2-6H,1H2;;1H2/q;+1;/p-1. The van der Waals surface area contributed by atoms with E-state index < -0.39 is 0 Å². The fourth-order valence-corrected chi connectivity index (χ4v) is 0.497. The molecule has 0 atom stereocenters. The van der Waals surface area contributed by atoms with Crippen LogP contribution in [0.3, 0.4) is 0 Å². The summed E-state index contributed by atoms with van der Waals surface area (Å²) in [7, 11) is 0. The summed E-state index contributed by atoms with van der Waals surface area (Å²) in [6.45, 7) is 3.57. The maximum atomic E-state index is 3.98. The molecule has 2 nitrogen and oxygen atoms in total. The van der Waals surface area contributed by atoms with Crippen molar-refractivity contribution in [2.24, 2.45) is 0 Å². The first-order chi connectivity index (χ1) is 3.93. The SMILES string of the molecule is C=Cc1ccccn1.[Na+].[OH-]. The maximum absolute atomic E-state index is 3.98. The first-order valence-corrected chi connectivity index (χ1v) is 2.47. The van der Waals surface area contributed by atoms with E-state index in [0.717, 1.165) is 5.69 Å². The molecule has 1 heterocycles. The molecule has 0 saturated heterocycles. The predicted octanol–water partition coefficient (Wildman–Crippen LogP) is -1.45. The van der Waals surface area contributed by atoms with Crippen LogP contribution < -0.4 is 29.6 Å². The van der Waals surface area contributed by atoms with E-state index in [-0.39, 0.29) is 35.0 Å². The molecular formula is C7H8NNaO. The van der Waals surface area contributed by atoms with Gasteiger partial charge in [-0.3, -0.25) is 4.98 Å². The second-order valence-electron chi connectivity index (χ2n) is 1.46. The van der Waals surface area contributed by atoms with Crippen molar-refractivity contribution < 1.29 is 35.0 Å². The second-order valence-corrected chi connectivity index (χ2v) is 1.46. The minimum absolute atomic E-state index is 0. The van der Waals surface area contributed by atoms with Crippen LogP contribution in [-0.4, -0.2) is 10.5 Å². The van der Waals surface area contributed by atoms with Gasteiger partial charge in [-0.05, 0) is 18.2 Å². The summed E-state index contributed by atoms with van der Waals surface area (Å²) in [6, 6.07) is 5.73. The molecule has 0 aliphatic rings. The fraction of sp³-hybridized carbons (Fsp3) is 0. The van der Waals surface area contributed by atoms with Gasteiger partial charge in [0.25, 0.3) is 0 Å². The molecule has 0 amide bonds. The van der Waals surface area contributed by atoms with Gasteiger partial charge in [0.15, 0.2) is 0 Å². The van der Waals surface area contributed by atoms with Gasteiger partial charge in [-0.2, -0.15) is 0 Å². The molecule has 0 aromatic carbocycles. The van der Waals surface area contributed by atoms with Crippen LogP contribution in [0.25, 0.3) is 6.08 Å². The summed E-state index contributed by atoms with van der Waals surface area (Å²) in [5, 5.41) is 0. The van der Waals surface area contributed by atoms with E-state index in [0.29, 0.717) is 0 Å². The molecule has 48 valence electrons. The molecule has 10 heavy (non-hydrogen) atoms. The zero-order chi connectivity index (χ0) is 5.82. The van der Waals surface area contributed by atoms with E-state index in [2.05, 4.69) is 11.6 Å². The molecule has 0 unspecified atom stereocenters. The normalized spacial score (nSPS) is 6.80. The molecule has 0 bridgehead atoms. The zero-order valence-corrected chi connectivity index (χ0v) is 7.99. The molecule has 1 aromatic heterocycles. The number of aromatic nitrogens is 1. The Balaban J connectivity index is 0. The van der Waals surface area contributed by atoms with Gasteiger partial charge in [-0.25, -0.2) is 0 Å². The van der Waals surface area contributed by atoms with Gasteiger partial charge in [0, 0.05) is 6.20 Å². The Labute approximate surface area is 82.6 Å². The van der Waals surface area contributed by atoms with Gasteiger partial charge < -0.3 is 5.48 Å². The first kappa shape index (κ1) is 12.5. The van der Waals surface area contributed by atoms with Crippen molar-refractivity contribution in [1.82, 2.24) is 4.98 Å². The Bertz CT molecular complexity index is 176. The summed E-state index contributed by atoms with van der Waals surface area (Å²) in [4.78, 5) is 3.98. The van der Waals surface area contributed by atoms with Crippen molar-refractivity contribution >= 4 is 6.08 Å².